The van der Waals surface area contributed by atoms with Gasteiger partial charge in [0.2, 0.25) is 5.91 Å². The molecule has 1 aromatic carbocycles. The van der Waals surface area contributed by atoms with Crippen LogP contribution in [0.2, 0.25) is 0 Å². The summed E-state index contributed by atoms with van der Waals surface area (Å²) in [7, 11) is 0. The maximum Gasteiger partial charge on any atom is 0.326 e. The second-order valence-electron chi connectivity index (χ2n) is 5.61. The molecule has 1 aliphatic rings. The van der Waals surface area contributed by atoms with Gasteiger partial charge in [0.05, 0.1) is 5.41 Å². The molecule has 1 aromatic rings. The van der Waals surface area contributed by atoms with Crippen molar-refractivity contribution < 1.29 is 14.7 Å². The molecule has 1 aliphatic heterocycles. The monoisotopic (exact) mass is 290 g/mol. The van der Waals surface area contributed by atoms with Crippen LogP contribution in [0.25, 0.3) is 0 Å². The van der Waals surface area contributed by atoms with E-state index < -0.39 is 17.4 Å². The standard InChI is InChI=1S/C16H22N2O3/c1-2-16(8-9-17-11-16)15(21)18-13(14(19)20)10-12-6-4-3-5-7-12/h3-7,13,17H,2,8-11H2,1H3,(H,18,21)(H,19,20)/t13-,16?/m1/s1. The first-order chi connectivity index (χ1) is 10.1. The summed E-state index contributed by atoms with van der Waals surface area (Å²) < 4.78 is 0. The first-order valence-corrected chi connectivity index (χ1v) is 7.36. The Morgan fingerprint density at radius 1 is 1.38 bits per heavy atom. The molecule has 2 atom stereocenters. The number of carboxylic acid groups (broad SMARTS) is 1. The molecular formula is C16H22N2O3. The van der Waals surface area contributed by atoms with Crippen molar-refractivity contribution in [3.63, 3.8) is 0 Å². The Bertz CT molecular complexity index is 496. The molecule has 114 valence electrons. The van der Waals surface area contributed by atoms with Crippen molar-refractivity contribution >= 4 is 11.9 Å². The molecule has 1 unspecified atom stereocenters. The molecular weight excluding hydrogens is 268 g/mol. The number of carbonyl (C=O) groups is 2. The first-order valence-electron chi connectivity index (χ1n) is 7.36. The van der Waals surface area contributed by atoms with E-state index in [1.165, 1.54) is 0 Å². The minimum absolute atomic E-state index is 0.154. The van der Waals surface area contributed by atoms with Crippen LogP contribution >= 0.6 is 0 Å². The van der Waals surface area contributed by atoms with Crippen molar-refractivity contribution in [2.24, 2.45) is 5.41 Å². The zero-order valence-corrected chi connectivity index (χ0v) is 12.3. The zero-order chi connectivity index (χ0) is 15.3. The van der Waals surface area contributed by atoms with Crippen molar-refractivity contribution in [3.05, 3.63) is 35.9 Å². The summed E-state index contributed by atoms with van der Waals surface area (Å²) >= 11 is 0. The topological polar surface area (TPSA) is 78.4 Å². The molecule has 0 bridgehead atoms. The van der Waals surface area contributed by atoms with Gasteiger partial charge in [-0.25, -0.2) is 4.79 Å². The smallest absolute Gasteiger partial charge is 0.326 e. The molecule has 0 aromatic heterocycles. The van der Waals surface area contributed by atoms with E-state index in [2.05, 4.69) is 10.6 Å². The van der Waals surface area contributed by atoms with Crippen molar-refractivity contribution in [1.29, 1.82) is 0 Å². The van der Waals surface area contributed by atoms with Crippen LogP contribution in [-0.2, 0) is 16.0 Å². The van der Waals surface area contributed by atoms with Crippen molar-refractivity contribution in [2.75, 3.05) is 13.1 Å². The third-order valence-electron chi connectivity index (χ3n) is 4.29. The SMILES string of the molecule is CCC1(C(=O)N[C@H](Cc2ccccc2)C(=O)O)CCNC1. The Kier molecular flexibility index (Phi) is 4.96. The lowest BCUT2D eigenvalue weighted by molar-refractivity contribution is -0.143. The molecule has 1 fully saturated rings. The summed E-state index contributed by atoms with van der Waals surface area (Å²) in [6.07, 6.45) is 1.77. The highest BCUT2D eigenvalue weighted by Gasteiger charge is 2.40. The Labute approximate surface area is 124 Å². The average molecular weight is 290 g/mol. The van der Waals surface area contributed by atoms with Crippen LogP contribution in [0.5, 0.6) is 0 Å². The number of aliphatic carboxylic acids is 1. The molecule has 0 saturated carbocycles. The van der Waals surface area contributed by atoms with Gasteiger partial charge in [-0.3, -0.25) is 4.79 Å². The van der Waals surface area contributed by atoms with Gasteiger partial charge in [-0.15, -0.1) is 0 Å². The van der Waals surface area contributed by atoms with E-state index in [9.17, 15) is 14.7 Å². The van der Waals surface area contributed by atoms with Gasteiger partial charge in [-0.05, 0) is 24.9 Å². The Balaban J connectivity index is 2.06. The fraction of sp³-hybridized carbons (Fsp3) is 0.500. The number of carboxylic acids is 1. The van der Waals surface area contributed by atoms with E-state index in [0.717, 1.165) is 18.5 Å². The Hall–Kier alpha value is -1.88. The maximum atomic E-state index is 12.5. The number of amides is 1. The highest BCUT2D eigenvalue weighted by molar-refractivity contribution is 5.88. The van der Waals surface area contributed by atoms with Gasteiger partial charge in [0, 0.05) is 13.0 Å². The van der Waals surface area contributed by atoms with E-state index in [4.69, 9.17) is 0 Å². The van der Waals surface area contributed by atoms with E-state index >= 15 is 0 Å². The van der Waals surface area contributed by atoms with E-state index in [1.54, 1.807) is 0 Å². The number of benzene rings is 1. The molecule has 21 heavy (non-hydrogen) atoms. The van der Waals surface area contributed by atoms with Gasteiger partial charge in [0.25, 0.3) is 0 Å². The molecule has 0 spiro atoms. The van der Waals surface area contributed by atoms with Crippen molar-refractivity contribution in [2.45, 2.75) is 32.2 Å². The molecule has 5 heteroatoms. The van der Waals surface area contributed by atoms with Crippen LogP contribution in [0.4, 0.5) is 0 Å². The van der Waals surface area contributed by atoms with Crippen LogP contribution < -0.4 is 10.6 Å². The molecule has 5 nitrogen and oxygen atoms in total. The largest absolute Gasteiger partial charge is 0.480 e. The quantitative estimate of drug-likeness (QED) is 0.735. The van der Waals surface area contributed by atoms with Gasteiger partial charge >= 0.3 is 5.97 Å². The fourth-order valence-electron chi connectivity index (χ4n) is 2.76. The van der Waals surface area contributed by atoms with Crippen LogP contribution in [0.3, 0.4) is 0 Å². The lowest BCUT2D eigenvalue weighted by Crippen LogP contribution is -2.50. The van der Waals surface area contributed by atoms with Crippen molar-refractivity contribution in [3.8, 4) is 0 Å². The normalized spacial score (nSPS) is 22.7. The van der Waals surface area contributed by atoms with Gasteiger partial charge in [0.15, 0.2) is 0 Å². The molecule has 1 saturated heterocycles. The fourth-order valence-corrected chi connectivity index (χ4v) is 2.76. The van der Waals surface area contributed by atoms with Crippen molar-refractivity contribution in [1.82, 2.24) is 10.6 Å². The maximum absolute atomic E-state index is 12.5. The number of rotatable bonds is 6. The van der Waals surface area contributed by atoms with Crippen LogP contribution in [0.15, 0.2) is 30.3 Å². The predicted molar refractivity (Wildman–Crippen MR) is 79.9 cm³/mol. The van der Waals surface area contributed by atoms with E-state index in [1.807, 2.05) is 37.3 Å². The number of hydrogen-bond acceptors (Lipinski definition) is 3. The van der Waals surface area contributed by atoms with E-state index in [0.29, 0.717) is 19.4 Å². The van der Waals surface area contributed by atoms with Gasteiger partial charge in [-0.2, -0.15) is 0 Å². The first kappa shape index (κ1) is 15.5. The third-order valence-corrected chi connectivity index (χ3v) is 4.29. The Morgan fingerprint density at radius 2 is 2.10 bits per heavy atom. The summed E-state index contributed by atoms with van der Waals surface area (Å²) in [6.45, 7) is 3.39. The summed E-state index contributed by atoms with van der Waals surface area (Å²) in [5.74, 6) is -1.15. The molecule has 3 N–H and O–H groups in total. The lowest BCUT2D eigenvalue weighted by Gasteiger charge is -2.27. The van der Waals surface area contributed by atoms with Gasteiger partial charge < -0.3 is 15.7 Å². The van der Waals surface area contributed by atoms with Gasteiger partial charge in [0.1, 0.15) is 6.04 Å². The van der Waals surface area contributed by atoms with Crippen LogP contribution in [0, 0.1) is 5.41 Å². The van der Waals surface area contributed by atoms with E-state index in [-0.39, 0.29) is 5.91 Å². The molecule has 0 aliphatic carbocycles. The summed E-state index contributed by atoms with van der Waals surface area (Å²) in [6, 6.07) is 8.47. The second-order valence-corrected chi connectivity index (χ2v) is 5.61. The molecule has 2 rings (SSSR count). The number of hydrogen-bond donors (Lipinski definition) is 3. The van der Waals surface area contributed by atoms with Crippen LogP contribution in [0.1, 0.15) is 25.3 Å². The zero-order valence-electron chi connectivity index (χ0n) is 12.3. The average Bonchev–Trinajstić information content (AvgIpc) is 2.97. The summed E-state index contributed by atoms with van der Waals surface area (Å²) in [5, 5.41) is 15.3. The summed E-state index contributed by atoms with van der Waals surface area (Å²) in [4.78, 5) is 23.9. The number of nitrogens with one attached hydrogen (secondary N) is 2. The lowest BCUT2D eigenvalue weighted by atomic mass is 9.83. The highest BCUT2D eigenvalue weighted by atomic mass is 16.4. The van der Waals surface area contributed by atoms with Crippen LogP contribution in [-0.4, -0.2) is 36.1 Å². The van der Waals surface area contributed by atoms with Gasteiger partial charge in [-0.1, -0.05) is 37.3 Å². The molecule has 1 amide bonds. The second kappa shape index (κ2) is 6.72. The number of carbonyl (C=O) groups excluding carboxylic acids is 1. The minimum atomic E-state index is -0.996. The molecule has 1 heterocycles. The summed E-state index contributed by atoms with van der Waals surface area (Å²) in [5.41, 5.74) is 0.435. The Morgan fingerprint density at radius 3 is 2.62 bits per heavy atom. The highest BCUT2D eigenvalue weighted by Crippen LogP contribution is 2.29. The predicted octanol–water partition coefficient (Wildman–Crippen LogP) is 1.19. The molecule has 0 radical (unpaired) electrons. The minimum Gasteiger partial charge on any atom is -0.480 e. The third kappa shape index (κ3) is 3.61.